The Morgan fingerprint density at radius 1 is 0.893 bits per heavy atom. The number of hydrogen-bond acceptors (Lipinski definition) is 7. The first-order valence-electron chi connectivity index (χ1n) is 9.55. The van der Waals surface area contributed by atoms with E-state index in [1.807, 2.05) is 42.6 Å². The molecule has 144 valence electrons. The summed E-state index contributed by atoms with van der Waals surface area (Å²) in [6, 6.07) is 16.4. The third kappa shape index (κ3) is 3.83. The molecule has 2 aromatic heterocycles. The molecular weight excluding hydrogens is 350 g/mol. The van der Waals surface area contributed by atoms with Gasteiger partial charge < -0.3 is 20.9 Å². The lowest BCUT2D eigenvalue weighted by Crippen LogP contribution is -2.47. The summed E-state index contributed by atoms with van der Waals surface area (Å²) in [7, 11) is 0. The third-order valence-corrected chi connectivity index (χ3v) is 5.07. The summed E-state index contributed by atoms with van der Waals surface area (Å²) in [5.74, 6) is 2.48. The Kier molecular flexibility index (Phi) is 5.23. The van der Waals surface area contributed by atoms with Crippen LogP contribution in [-0.2, 0) is 0 Å². The second-order valence-corrected chi connectivity index (χ2v) is 6.90. The third-order valence-electron chi connectivity index (χ3n) is 5.07. The van der Waals surface area contributed by atoms with Crippen molar-refractivity contribution in [1.29, 1.82) is 0 Å². The van der Waals surface area contributed by atoms with E-state index in [0.29, 0.717) is 11.5 Å². The van der Waals surface area contributed by atoms with E-state index < -0.39 is 0 Å². The number of nitrogens with zero attached hydrogens (tertiary/aromatic N) is 5. The summed E-state index contributed by atoms with van der Waals surface area (Å²) < 4.78 is 0. The number of rotatable bonds is 5. The summed E-state index contributed by atoms with van der Waals surface area (Å²) >= 11 is 0. The zero-order chi connectivity index (χ0) is 19.3. The molecule has 7 nitrogen and oxygen atoms in total. The molecule has 1 aromatic carbocycles. The lowest BCUT2D eigenvalue weighted by Gasteiger charge is -2.36. The molecule has 4 rings (SSSR count). The van der Waals surface area contributed by atoms with E-state index in [2.05, 4.69) is 49.1 Å². The highest BCUT2D eigenvalue weighted by Crippen LogP contribution is 2.29. The smallest absolute Gasteiger partial charge is 0.157 e. The Labute approximate surface area is 165 Å². The molecule has 3 heterocycles. The topological polar surface area (TPSA) is 83.2 Å². The first-order chi connectivity index (χ1) is 13.7. The van der Waals surface area contributed by atoms with Crippen molar-refractivity contribution in [2.75, 3.05) is 47.0 Å². The molecule has 0 radical (unpaired) electrons. The quantitative estimate of drug-likeness (QED) is 0.709. The molecule has 0 aliphatic carbocycles. The second kappa shape index (κ2) is 8.12. The molecule has 3 N–H and O–H groups in total. The average molecular weight is 375 g/mol. The maximum Gasteiger partial charge on any atom is 0.157 e. The predicted molar refractivity (Wildman–Crippen MR) is 114 cm³/mol. The molecule has 1 aliphatic heterocycles. The van der Waals surface area contributed by atoms with Gasteiger partial charge in [-0.15, -0.1) is 0 Å². The van der Waals surface area contributed by atoms with E-state index in [9.17, 15) is 0 Å². The fraction of sp³-hybridized carbons (Fsp3) is 0.286. The Morgan fingerprint density at radius 2 is 1.61 bits per heavy atom. The van der Waals surface area contributed by atoms with E-state index >= 15 is 0 Å². The van der Waals surface area contributed by atoms with Crippen molar-refractivity contribution in [2.24, 2.45) is 0 Å². The van der Waals surface area contributed by atoms with Crippen molar-refractivity contribution in [1.82, 2.24) is 15.0 Å². The Hall–Kier alpha value is -3.35. The summed E-state index contributed by atoms with van der Waals surface area (Å²) in [5.41, 5.74) is 8.21. The van der Waals surface area contributed by atoms with Gasteiger partial charge >= 0.3 is 0 Å². The first kappa shape index (κ1) is 18.0. The van der Waals surface area contributed by atoms with Crippen molar-refractivity contribution in [3.05, 3.63) is 66.6 Å². The van der Waals surface area contributed by atoms with Crippen molar-refractivity contribution in [3.63, 3.8) is 0 Å². The molecule has 0 amide bonds. The minimum atomic E-state index is 0.104. The van der Waals surface area contributed by atoms with Crippen molar-refractivity contribution >= 4 is 23.1 Å². The van der Waals surface area contributed by atoms with E-state index in [4.69, 9.17) is 5.73 Å². The van der Waals surface area contributed by atoms with Crippen LogP contribution >= 0.6 is 0 Å². The van der Waals surface area contributed by atoms with Crippen LogP contribution in [0.3, 0.4) is 0 Å². The van der Waals surface area contributed by atoms with Gasteiger partial charge in [-0.3, -0.25) is 0 Å². The Bertz CT molecular complexity index is 893. The van der Waals surface area contributed by atoms with Crippen LogP contribution in [0.25, 0.3) is 0 Å². The number of nitrogen functional groups attached to an aromatic ring is 1. The lowest BCUT2D eigenvalue weighted by molar-refractivity contribution is 0.642. The van der Waals surface area contributed by atoms with Crippen molar-refractivity contribution in [2.45, 2.75) is 13.0 Å². The number of hydrogen-bond donors (Lipinski definition) is 2. The molecule has 0 saturated carbocycles. The van der Waals surface area contributed by atoms with Crippen LogP contribution in [0.5, 0.6) is 0 Å². The van der Waals surface area contributed by atoms with Gasteiger partial charge in [0.15, 0.2) is 11.6 Å². The van der Waals surface area contributed by atoms with Crippen LogP contribution in [0.2, 0.25) is 0 Å². The Balaban J connectivity index is 1.45. The molecule has 1 atom stereocenters. The number of nitrogens with one attached hydrogen (secondary N) is 1. The summed E-state index contributed by atoms with van der Waals surface area (Å²) in [4.78, 5) is 17.8. The van der Waals surface area contributed by atoms with Crippen molar-refractivity contribution in [3.8, 4) is 0 Å². The van der Waals surface area contributed by atoms with Crippen LogP contribution in [0.15, 0.2) is 61.1 Å². The van der Waals surface area contributed by atoms with Gasteiger partial charge in [0.2, 0.25) is 0 Å². The van der Waals surface area contributed by atoms with E-state index in [1.54, 1.807) is 6.33 Å². The highest BCUT2D eigenvalue weighted by Gasteiger charge is 2.22. The molecule has 0 bridgehead atoms. The van der Waals surface area contributed by atoms with Gasteiger partial charge in [-0.05, 0) is 24.6 Å². The van der Waals surface area contributed by atoms with Gasteiger partial charge in [0, 0.05) is 32.4 Å². The molecule has 3 aromatic rings. The van der Waals surface area contributed by atoms with Gasteiger partial charge in [-0.1, -0.05) is 36.4 Å². The normalized spacial score (nSPS) is 15.3. The number of nitrogens with two attached hydrogens (primary N) is 1. The van der Waals surface area contributed by atoms with Gasteiger partial charge in [-0.2, -0.15) is 0 Å². The van der Waals surface area contributed by atoms with Crippen LogP contribution in [0.1, 0.15) is 18.5 Å². The SMILES string of the molecule is CC(Nc1ncnc(N2CCN(c3ccccn3)CC2)c1N)c1ccccc1. The highest BCUT2D eigenvalue weighted by atomic mass is 15.3. The molecular formula is C21H25N7. The minimum absolute atomic E-state index is 0.104. The van der Waals surface area contributed by atoms with E-state index in [1.165, 1.54) is 5.56 Å². The zero-order valence-corrected chi connectivity index (χ0v) is 16.0. The fourth-order valence-electron chi connectivity index (χ4n) is 3.47. The largest absolute Gasteiger partial charge is 0.393 e. The van der Waals surface area contributed by atoms with Gasteiger partial charge in [-0.25, -0.2) is 15.0 Å². The standard InChI is InChI=1S/C21H25N7/c1-16(17-7-3-2-4-8-17)26-20-19(22)21(25-15-24-20)28-13-11-27(12-14-28)18-9-5-6-10-23-18/h2-10,15-16H,11-14,22H2,1H3,(H,24,25,26). The molecule has 28 heavy (non-hydrogen) atoms. The van der Waals surface area contributed by atoms with Crippen LogP contribution in [0.4, 0.5) is 23.1 Å². The second-order valence-electron chi connectivity index (χ2n) is 6.90. The summed E-state index contributed by atoms with van der Waals surface area (Å²) in [5, 5.41) is 3.42. The number of pyridine rings is 1. The van der Waals surface area contributed by atoms with E-state index in [0.717, 1.165) is 37.8 Å². The predicted octanol–water partition coefficient (Wildman–Crippen LogP) is 2.95. The maximum atomic E-state index is 6.43. The summed E-state index contributed by atoms with van der Waals surface area (Å²) in [6.07, 6.45) is 3.41. The first-order valence-corrected chi connectivity index (χ1v) is 9.55. The van der Waals surface area contributed by atoms with E-state index in [-0.39, 0.29) is 6.04 Å². The summed E-state index contributed by atoms with van der Waals surface area (Å²) in [6.45, 7) is 5.53. The molecule has 1 saturated heterocycles. The monoisotopic (exact) mass is 375 g/mol. The number of piperazine rings is 1. The van der Waals surface area contributed by atoms with Gasteiger partial charge in [0.25, 0.3) is 0 Å². The van der Waals surface area contributed by atoms with Crippen LogP contribution in [0, 0.1) is 0 Å². The average Bonchev–Trinajstić information content (AvgIpc) is 2.76. The van der Waals surface area contributed by atoms with Gasteiger partial charge in [0.1, 0.15) is 17.8 Å². The minimum Gasteiger partial charge on any atom is -0.393 e. The number of aromatic nitrogens is 3. The number of anilines is 4. The lowest BCUT2D eigenvalue weighted by atomic mass is 10.1. The fourth-order valence-corrected chi connectivity index (χ4v) is 3.47. The number of benzene rings is 1. The molecule has 1 fully saturated rings. The van der Waals surface area contributed by atoms with Gasteiger partial charge in [0.05, 0.1) is 6.04 Å². The molecule has 1 aliphatic rings. The van der Waals surface area contributed by atoms with Crippen molar-refractivity contribution < 1.29 is 0 Å². The Morgan fingerprint density at radius 3 is 2.32 bits per heavy atom. The molecule has 1 unspecified atom stereocenters. The molecule has 7 heteroatoms. The maximum absolute atomic E-state index is 6.43. The van der Waals surface area contributed by atoms with Crippen LogP contribution < -0.4 is 20.9 Å². The zero-order valence-electron chi connectivity index (χ0n) is 16.0. The van der Waals surface area contributed by atoms with Crippen LogP contribution in [-0.4, -0.2) is 41.1 Å². The molecule has 0 spiro atoms. The highest BCUT2D eigenvalue weighted by molar-refractivity contribution is 5.75.